The predicted molar refractivity (Wildman–Crippen MR) is 247 cm³/mol. The molecule has 2 aliphatic heterocycles. The van der Waals surface area contributed by atoms with Crippen LogP contribution in [0.3, 0.4) is 0 Å². The van der Waals surface area contributed by atoms with Crippen LogP contribution in [0.25, 0.3) is 21.5 Å². The number of pyridine rings is 6. The number of carbonyl (C=O) groups excluding carboxylic acids is 2. The van der Waals surface area contributed by atoms with E-state index in [-0.39, 0.29) is 35.8 Å². The van der Waals surface area contributed by atoms with Crippen molar-refractivity contribution in [2.75, 3.05) is 23.8 Å². The lowest BCUT2D eigenvalue weighted by Crippen LogP contribution is -2.32. The van der Waals surface area contributed by atoms with E-state index in [1.165, 1.54) is 24.8 Å². The Balaban J connectivity index is 0.000000206. The molecule has 6 aromatic heterocycles. The molecule has 0 unspecified atom stereocenters. The van der Waals surface area contributed by atoms with Gasteiger partial charge in [0.2, 0.25) is 11.8 Å². The monoisotopic (exact) mass is 978 g/mol. The summed E-state index contributed by atoms with van der Waals surface area (Å²) in [5.41, 5.74) is 14.7. The minimum atomic E-state index is -4.51. The van der Waals surface area contributed by atoms with Crippen LogP contribution in [0.4, 0.5) is 49.6 Å². The molecule has 6 N–H and O–H groups in total. The number of aromatic nitrogens is 6. The largest absolute Gasteiger partial charge is 0.468 e. The van der Waals surface area contributed by atoms with Crippen LogP contribution in [-0.4, -0.2) is 79.6 Å². The SMILES string of the molecule is CC[C@@](C)(N)c1cnc(OCC(F)(F)F)c2cnc(Nc3ccc4c(n3)[C@@H](C)[C@H](C)OC4=O)cc12.CC[C@](C)(N)c1cnc(OCC(F)(F)F)c2cnc(Nc3ccc4c(n3)[C@@H](C)[C@H](C)OC4=O)cc12. The summed E-state index contributed by atoms with van der Waals surface area (Å²) in [6.07, 6.45) is -2.83. The number of anilines is 4. The molecule has 6 atom stereocenters. The average Bonchev–Trinajstić information content (AvgIpc) is 3.30. The molecule has 70 heavy (non-hydrogen) atoms. The molecule has 8 heterocycles. The van der Waals surface area contributed by atoms with E-state index in [4.69, 9.17) is 30.4 Å². The third-order valence-electron chi connectivity index (χ3n) is 12.6. The van der Waals surface area contributed by atoms with E-state index in [2.05, 4.69) is 40.5 Å². The van der Waals surface area contributed by atoms with Gasteiger partial charge in [0.05, 0.1) is 33.3 Å². The van der Waals surface area contributed by atoms with Crippen molar-refractivity contribution in [1.29, 1.82) is 0 Å². The number of nitrogens with two attached hydrogens (primary N) is 2. The Kier molecular flexibility index (Phi) is 14.2. The van der Waals surface area contributed by atoms with Gasteiger partial charge in [0.1, 0.15) is 35.5 Å². The second kappa shape index (κ2) is 19.5. The second-order valence-electron chi connectivity index (χ2n) is 17.8. The van der Waals surface area contributed by atoms with Crippen LogP contribution in [0.15, 0.2) is 61.2 Å². The van der Waals surface area contributed by atoms with Crippen molar-refractivity contribution in [3.63, 3.8) is 0 Å². The molecule has 0 spiro atoms. The third kappa shape index (κ3) is 11.1. The maximum absolute atomic E-state index is 12.7. The minimum absolute atomic E-state index is 0.0949. The van der Waals surface area contributed by atoms with Gasteiger partial charge in [0, 0.05) is 47.7 Å². The molecule has 0 amide bonds. The van der Waals surface area contributed by atoms with Gasteiger partial charge in [-0.1, -0.05) is 27.7 Å². The van der Waals surface area contributed by atoms with Gasteiger partial charge in [0.15, 0.2) is 13.2 Å². The Labute approximate surface area is 398 Å². The van der Waals surface area contributed by atoms with E-state index in [1.54, 1.807) is 36.4 Å². The molecule has 22 heteroatoms. The van der Waals surface area contributed by atoms with E-state index in [1.807, 2.05) is 55.4 Å². The maximum atomic E-state index is 12.7. The topological polar surface area (TPSA) is 225 Å². The summed E-state index contributed by atoms with van der Waals surface area (Å²) >= 11 is 0. The summed E-state index contributed by atoms with van der Waals surface area (Å²) in [5.74, 6) is 0.317. The summed E-state index contributed by atoms with van der Waals surface area (Å²) in [5, 5.41) is 7.97. The number of esters is 2. The van der Waals surface area contributed by atoms with Gasteiger partial charge in [-0.3, -0.25) is 0 Å². The third-order valence-corrected chi connectivity index (χ3v) is 12.6. The van der Waals surface area contributed by atoms with E-state index in [0.717, 1.165) is 0 Å². The molecule has 0 aliphatic carbocycles. The normalized spacial score (nSPS) is 19.6. The van der Waals surface area contributed by atoms with Crippen molar-refractivity contribution in [3.8, 4) is 11.8 Å². The fraction of sp³-hybridized carbons (Fsp3) is 0.417. The first-order valence-electron chi connectivity index (χ1n) is 22.3. The fourth-order valence-corrected chi connectivity index (χ4v) is 7.68. The van der Waals surface area contributed by atoms with Crippen molar-refractivity contribution in [3.05, 3.63) is 94.8 Å². The van der Waals surface area contributed by atoms with Gasteiger partial charge in [-0.2, -0.15) is 26.3 Å². The lowest BCUT2D eigenvalue weighted by molar-refractivity contribution is -0.154. The van der Waals surface area contributed by atoms with Crippen molar-refractivity contribution in [2.24, 2.45) is 11.5 Å². The lowest BCUT2D eigenvalue weighted by Gasteiger charge is -2.27. The van der Waals surface area contributed by atoms with Crippen LogP contribution in [0.2, 0.25) is 0 Å². The molecule has 8 rings (SSSR count). The van der Waals surface area contributed by atoms with E-state index >= 15 is 0 Å². The lowest BCUT2D eigenvalue weighted by atomic mass is 9.88. The average molecular weight is 979 g/mol. The zero-order valence-electron chi connectivity index (χ0n) is 39.5. The Morgan fingerprint density at radius 3 is 1.29 bits per heavy atom. The molecule has 0 bridgehead atoms. The first-order valence-corrected chi connectivity index (χ1v) is 22.3. The summed E-state index contributed by atoms with van der Waals surface area (Å²) in [4.78, 5) is 50.4. The Hall–Kier alpha value is -6.94. The molecule has 16 nitrogen and oxygen atoms in total. The molecule has 2 aliphatic rings. The van der Waals surface area contributed by atoms with E-state index in [9.17, 15) is 35.9 Å². The molecular formula is C48H52F6N10O6. The number of rotatable bonds is 12. The number of halogens is 6. The van der Waals surface area contributed by atoms with Gasteiger partial charge in [-0.05, 0) is 98.8 Å². The Morgan fingerprint density at radius 1 is 0.571 bits per heavy atom. The first kappa shape index (κ1) is 50.9. The first-order chi connectivity index (χ1) is 32.8. The highest BCUT2D eigenvalue weighted by Crippen LogP contribution is 2.38. The van der Waals surface area contributed by atoms with Gasteiger partial charge in [-0.25, -0.2) is 39.5 Å². The highest BCUT2D eigenvalue weighted by Gasteiger charge is 2.35. The number of nitrogens with zero attached hydrogens (tertiary/aromatic N) is 6. The molecular weight excluding hydrogens is 927 g/mol. The summed E-state index contributed by atoms with van der Waals surface area (Å²) in [6.45, 7) is 12.0. The Bertz CT molecular complexity index is 2760. The van der Waals surface area contributed by atoms with Gasteiger partial charge >= 0.3 is 24.3 Å². The smallest absolute Gasteiger partial charge is 0.422 e. The van der Waals surface area contributed by atoms with E-state index in [0.29, 0.717) is 91.3 Å². The molecule has 0 radical (unpaired) electrons. The number of nitrogens with one attached hydrogen (secondary N) is 2. The van der Waals surface area contributed by atoms with Crippen LogP contribution in [0.1, 0.15) is 123 Å². The molecule has 0 saturated carbocycles. The van der Waals surface area contributed by atoms with Crippen LogP contribution in [-0.2, 0) is 20.6 Å². The highest BCUT2D eigenvalue weighted by atomic mass is 19.4. The maximum Gasteiger partial charge on any atom is 0.422 e. The number of cyclic esters (lactones) is 2. The van der Waals surface area contributed by atoms with Gasteiger partial charge in [0.25, 0.3) is 0 Å². The fourth-order valence-electron chi connectivity index (χ4n) is 7.68. The number of hydrogen-bond donors (Lipinski definition) is 4. The number of ether oxygens (including phenoxy) is 4. The number of alkyl halides is 6. The van der Waals surface area contributed by atoms with Crippen molar-refractivity contribution < 1.29 is 54.9 Å². The van der Waals surface area contributed by atoms with Gasteiger partial charge < -0.3 is 41.0 Å². The number of fused-ring (bicyclic) bond motifs is 4. The van der Waals surface area contributed by atoms with Crippen molar-refractivity contribution in [1.82, 2.24) is 29.9 Å². The van der Waals surface area contributed by atoms with E-state index < -0.39 is 48.6 Å². The van der Waals surface area contributed by atoms with Crippen molar-refractivity contribution in [2.45, 2.75) is 116 Å². The molecule has 0 fully saturated rings. The Morgan fingerprint density at radius 2 is 0.943 bits per heavy atom. The molecule has 0 saturated heterocycles. The number of hydrogen-bond acceptors (Lipinski definition) is 16. The summed E-state index contributed by atoms with van der Waals surface area (Å²) < 4.78 is 96.9. The molecule has 0 aromatic carbocycles. The quantitative estimate of drug-likeness (QED) is 0.0661. The second-order valence-corrected chi connectivity index (χ2v) is 17.8. The highest BCUT2D eigenvalue weighted by molar-refractivity contribution is 5.95. The zero-order chi connectivity index (χ0) is 51.1. The van der Waals surface area contributed by atoms with Crippen LogP contribution in [0.5, 0.6) is 11.8 Å². The molecule has 372 valence electrons. The van der Waals surface area contributed by atoms with Crippen LogP contribution < -0.4 is 31.6 Å². The minimum Gasteiger partial charge on any atom is -0.468 e. The van der Waals surface area contributed by atoms with Crippen molar-refractivity contribution >= 4 is 56.8 Å². The van der Waals surface area contributed by atoms with Crippen LogP contribution in [0, 0.1) is 0 Å². The molecule has 6 aromatic rings. The summed E-state index contributed by atoms with van der Waals surface area (Å²) in [7, 11) is 0. The number of carbonyl (C=O) groups is 2. The van der Waals surface area contributed by atoms with Gasteiger partial charge in [-0.15, -0.1) is 0 Å². The van der Waals surface area contributed by atoms with Crippen LogP contribution >= 0.6 is 0 Å². The predicted octanol–water partition coefficient (Wildman–Crippen LogP) is 9.91. The zero-order valence-corrected chi connectivity index (χ0v) is 39.5. The standard InChI is InChI=1S/2C24H26F3N5O3/c2*1-5-23(4,28)17-10-30-21(34-11-24(25,26)27)16-9-29-19(8-15(16)17)31-18-7-6-14-20(32-18)12(2)13(3)35-22(14)33/h2*6-10,12-13H,5,11,28H2,1-4H3,(H,29,31,32)/t12-,13-,23+;12-,13-,23-/m00/s1. The summed E-state index contributed by atoms with van der Waals surface area (Å²) in [6, 6.07) is 9.91.